The van der Waals surface area contributed by atoms with Crippen molar-refractivity contribution in [3.05, 3.63) is 59.4 Å². The number of carbonyl (C=O) groups excluding carboxylic acids is 1. The van der Waals surface area contributed by atoms with Crippen molar-refractivity contribution in [2.75, 3.05) is 26.8 Å². The molecule has 1 amide bonds. The van der Waals surface area contributed by atoms with Crippen LogP contribution in [0.5, 0.6) is 11.5 Å². The van der Waals surface area contributed by atoms with Crippen LogP contribution in [0.3, 0.4) is 0 Å². The fraction of sp³-hybridized carbons (Fsp3) is 0.350. The van der Waals surface area contributed by atoms with Crippen molar-refractivity contribution in [1.29, 1.82) is 0 Å². The summed E-state index contributed by atoms with van der Waals surface area (Å²) < 4.78 is 52.1. The first-order valence-electron chi connectivity index (χ1n) is 8.69. The van der Waals surface area contributed by atoms with E-state index in [4.69, 9.17) is 9.47 Å². The van der Waals surface area contributed by atoms with Crippen molar-refractivity contribution in [2.45, 2.75) is 12.8 Å². The number of methoxy groups -OCH3 is 1. The molecule has 4 nitrogen and oxygen atoms in total. The molecule has 0 aromatic heterocycles. The second-order valence-electron chi connectivity index (χ2n) is 6.47. The Kier molecular flexibility index (Phi) is 5.88. The second kappa shape index (κ2) is 8.33. The highest BCUT2D eigenvalue weighted by molar-refractivity contribution is 5.95. The number of amides is 1. The molecule has 0 unspecified atom stereocenters. The molecule has 0 spiro atoms. The predicted octanol–water partition coefficient (Wildman–Crippen LogP) is 4.04. The smallest absolute Gasteiger partial charge is 0.259 e. The number of benzene rings is 2. The number of carbonyl (C=O) groups is 1. The third-order valence-corrected chi connectivity index (χ3v) is 4.58. The maximum Gasteiger partial charge on any atom is 0.259 e. The molecule has 144 valence electrons. The van der Waals surface area contributed by atoms with E-state index in [0.717, 1.165) is 18.6 Å². The highest BCUT2D eigenvalue weighted by Gasteiger charge is 2.29. The van der Waals surface area contributed by atoms with Crippen LogP contribution >= 0.6 is 0 Å². The van der Waals surface area contributed by atoms with Crippen LogP contribution < -0.4 is 9.47 Å². The summed E-state index contributed by atoms with van der Waals surface area (Å²) in [7, 11) is 1.26. The van der Waals surface area contributed by atoms with Crippen LogP contribution in [0.2, 0.25) is 0 Å². The van der Waals surface area contributed by atoms with Gasteiger partial charge in [-0.05, 0) is 37.1 Å². The molecule has 0 radical (unpaired) electrons. The molecule has 1 fully saturated rings. The summed E-state index contributed by atoms with van der Waals surface area (Å²) in [5.41, 5.74) is -0.610. The van der Waals surface area contributed by atoms with Gasteiger partial charge in [0.1, 0.15) is 22.9 Å². The normalized spacial score (nSPS) is 16.9. The van der Waals surface area contributed by atoms with Crippen molar-refractivity contribution >= 4 is 5.91 Å². The topological polar surface area (TPSA) is 38.8 Å². The first-order chi connectivity index (χ1) is 13.0. The van der Waals surface area contributed by atoms with Crippen molar-refractivity contribution in [2.24, 2.45) is 5.92 Å². The minimum atomic E-state index is -0.999. The Morgan fingerprint density at radius 1 is 1.22 bits per heavy atom. The molecule has 1 atom stereocenters. The fourth-order valence-corrected chi connectivity index (χ4v) is 3.20. The van der Waals surface area contributed by atoms with Crippen LogP contribution in [0.25, 0.3) is 0 Å². The van der Waals surface area contributed by atoms with E-state index in [2.05, 4.69) is 0 Å². The molecule has 7 heteroatoms. The SMILES string of the molecule is COc1ccc(F)c(C(=O)N2CCC[C@H](COc3cccc(F)c3)C2)c1F. The van der Waals surface area contributed by atoms with Crippen LogP contribution in [0.4, 0.5) is 13.2 Å². The number of hydrogen-bond acceptors (Lipinski definition) is 3. The summed E-state index contributed by atoms with van der Waals surface area (Å²) in [5, 5.41) is 0. The Bertz CT molecular complexity index is 828. The van der Waals surface area contributed by atoms with Gasteiger partial charge < -0.3 is 14.4 Å². The van der Waals surface area contributed by atoms with Gasteiger partial charge in [0, 0.05) is 25.1 Å². The molecule has 1 aliphatic rings. The van der Waals surface area contributed by atoms with E-state index in [1.807, 2.05) is 0 Å². The monoisotopic (exact) mass is 379 g/mol. The third-order valence-electron chi connectivity index (χ3n) is 4.58. The van der Waals surface area contributed by atoms with Gasteiger partial charge in [-0.3, -0.25) is 4.79 Å². The Morgan fingerprint density at radius 3 is 2.78 bits per heavy atom. The number of piperidine rings is 1. The molecule has 2 aromatic carbocycles. The molecular formula is C20H20F3NO3. The van der Waals surface area contributed by atoms with E-state index < -0.39 is 28.9 Å². The summed E-state index contributed by atoms with van der Waals surface area (Å²) >= 11 is 0. The second-order valence-corrected chi connectivity index (χ2v) is 6.47. The minimum absolute atomic E-state index is 0.0114. The summed E-state index contributed by atoms with van der Waals surface area (Å²) in [6.07, 6.45) is 1.50. The minimum Gasteiger partial charge on any atom is -0.494 e. The Labute approximate surface area is 155 Å². The van der Waals surface area contributed by atoms with Crippen molar-refractivity contribution in [3.63, 3.8) is 0 Å². The van der Waals surface area contributed by atoms with Crippen molar-refractivity contribution < 1.29 is 27.4 Å². The highest BCUT2D eigenvalue weighted by atomic mass is 19.1. The molecule has 27 heavy (non-hydrogen) atoms. The number of rotatable bonds is 5. The molecule has 1 heterocycles. The molecule has 0 N–H and O–H groups in total. The lowest BCUT2D eigenvalue weighted by atomic mass is 9.98. The Balaban J connectivity index is 1.68. The fourth-order valence-electron chi connectivity index (χ4n) is 3.20. The van der Waals surface area contributed by atoms with E-state index in [0.29, 0.717) is 25.3 Å². The average molecular weight is 379 g/mol. The summed E-state index contributed by atoms with van der Waals surface area (Å²) in [4.78, 5) is 14.1. The number of ether oxygens (including phenoxy) is 2. The van der Waals surface area contributed by atoms with Crippen LogP contribution in [0, 0.1) is 23.4 Å². The lowest BCUT2D eigenvalue weighted by molar-refractivity contribution is 0.0623. The summed E-state index contributed by atoms with van der Waals surface area (Å²) in [6, 6.07) is 7.97. The van der Waals surface area contributed by atoms with Gasteiger partial charge in [0.25, 0.3) is 5.91 Å². The number of nitrogens with zero attached hydrogens (tertiary/aromatic N) is 1. The number of halogens is 3. The van der Waals surface area contributed by atoms with Gasteiger partial charge in [-0.1, -0.05) is 6.07 Å². The molecule has 1 saturated heterocycles. The van der Waals surface area contributed by atoms with Crippen LogP contribution in [-0.2, 0) is 0 Å². The van der Waals surface area contributed by atoms with E-state index >= 15 is 0 Å². The highest BCUT2D eigenvalue weighted by Crippen LogP contribution is 2.26. The maximum atomic E-state index is 14.4. The molecule has 2 aromatic rings. The molecule has 0 aliphatic carbocycles. The molecule has 1 aliphatic heterocycles. The zero-order chi connectivity index (χ0) is 19.4. The van der Waals surface area contributed by atoms with Gasteiger partial charge in [0.05, 0.1) is 13.7 Å². The molecule has 0 saturated carbocycles. The van der Waals surface area contributed by atoms with Crippen LogP contribution in [-0.4, -0.2) is 37.6 Å². The summed E-state index contributed by atoms with van der Waals surface area (Å²) in [6.45, 7) is 1.01. The van der Waals surface area contributed by atoms with Gasteiger partial charge in [-0.2, -0.15) is 0 Å². The molecule has 0 bridgehead atoms. The van der Waals surface area contributed by atoms with Crippen LogP contribution in [0.1, 0.15) is 23.2 Å². The largest absolute Gasteiger partial charge is 0.494 e. The average Bonchev–Trinajstić information content (AvgIpc) is 2.67. The van der Waals surface area contributed by atoms with E-state index in [1.165, 1.54) is 24.1 Å². The van der Waals surface area contributed by atoms with Gasteiger partial charge in [0.2, 0.25) is 0 Å². The first kappa shape index (κ1) is 19.1. The molecule has 3 rings (SSSR count). The zero-order valence-corrected chi connectivity index (χ0v) is 14.9. The van der Waals surface area contributed by atoms with Gasteiger partial charge in [-0.25, -0.2) is 13.2 Å². The van der Waals surface area contributed by atoms with E-state index in [1.54, 1.807) is 12.1 Å². The van der Waals surface area contributed by atoms with E-state index in [9.17, 15) is 18.0 Å². The van der Waals surface area contributed by atoms with Gasteiger partial charge in [-0.15, -0.1) is 0 Å². The number of hydrogen-bond donors (Lipinski definition) is 0. The molecular weight excluding hydrogens is 359 g/mol. The van der Waals surface area contributed by atoms with Crippen LogP contribution in [0.15, 0.2) is 36.4 Å². The lowest BCUT2D eigenvalue weighted by Crippen LogP contribution is -2.42. The van der Waals surface area contributed by atoms with Gasteiger partial charge in [0.15, 0.2) is 11.6 Å². The zero-order valence-electron chi connectivity index (χ0n) is 14.9. The van der Waals surface area contributed by atoms with Crippen molar-refractivity contribution in [3.8, 4) is 11.5 Å². The summed E-state index contributed by atoms with van der Waals surface area (Å²) in [5.74, 6) is -2.80. The third kappa shape index (κ3) is 4.35. The maximum absolute atomic E-state index is 14.4. The standard InChI is InChI=1S/C20H20F3NO3/c1-26-17-8-7-16(22)18(19(17)23)20(25)24-9-3-4-13(11-24)12-27-15-6-2-5-14(21)10-15/h2,5-8,10,13H,3-4,9,11-12H2,1H3/t13-/m0/s1. The van der Waals surface area contributed by atoms with E-state index in [-0.39, 0.29) is 18.3 Å². The van der Waals surface area contributed by atoms with Crippen molar-refractivity contribution in [1.82, 2.24) is 4.90 Å². The Morgan fingerprint density at radius 2 is 2.04 bits per heavy atom. The predicted molar refractivity (Wildman–Crippen MR) is 93.4 cm³/mol. The van der Waals surface area contributed by atoms with Gasteiger partial charge >= 0.3 is 0 Å². The quantitative estimate of drug-likeness (QED) is 0.787. The Hall–Kier alpha value is -2.70. The number of likely N-dealkylation sites (tertiary alicyclic amines) is 1. The first-order valence-corrected chi connectivity index (χ1v) is 8.69. The lowest BCUT2D eigenvalue weighted by Gasteiger charge is -2.33.